The molecule has 0 atom stereocenters. The number of nitrogens with one attached hydrogen (secondary N) is 1. The maximum absolute atomic E-state index is 12.3. The van der Waals surface area contributed by atoms with E-state index in [1.165, 1.54) is 12.8 Å². The Labute approximate surface area is 129 Å². The van der Waals surface area contributed by atoms with E-state index >= 15 is 0 Å². The molecule has 0 bridgehead atoms. The number of hydrogen-bond donors (Lipinski definition) is 1. The van der Waals surface area contributed by atoms with Crippen LogP contribution in [0.4, 0.5) is 5.69 Å². The summed E-state index contributed by atoms with van der Waals surface area (Å²) in [4.78, 5) is 12.3. The van der Waals surface area contributed by atoms with Gasteiger partial charge in [0.25, 0.3) is 5.91 Å². The summed E-state index contributed by atoms with van der Waals surface area (Å²) in [5.41, 5.74) is 1.79. The van der Waals surface area contributed by atoms with Crippen molar-refractivity contribution in [1.82, 2.24) is 5.16 Å². The van der Waals surface area contributed by atoms with E-state index in [2.05, 4.69) is 10.5 Å². The number of aryl methyl sites for hydroxylation is 2. The fourth-order valence-corrected chi connectivity index (χ4v) is 2.85. The molecule has 5 heteroatoms. The predicted octanol–water partition coefficient (Wildman–Crippen LogP) is 3.87. The van der Waals surface area contributed by atoms with E-state index in [4.69, 9.17) is 9.26 Å². The van der Waals surface area contributed by atoms with E-state index in [-0.39, 0.29) is 5.91 Å². The molecule has 1 aromatic carbocycles. The van der Waals surface area contributed by atoms with Gasteiger partial charge in [-0.15, -0.1) is 0 Å². The molecule has 1 aliphatic rings. The van der Waals surface area contributed by atoms with Gasteiger partial charge in [0.1, 0.15) is 17.1 Å². The SMILES string of the molecule is Cc1noc(C)c1C(=O)Nc1cccc(OC2CCCC2)c1. The summed E-state index contributed by atoms with van der Waals surface area (Å²) in [6, 6.07) is 7.50. The molecule has 1 saturated carbocycles. The number of anilines is 1. The number of aromatic nitrogens is 1. The minimum absolute atomic E-state index is 0.214. The van der Waals surface area contributed by atoms with Gasteiger partial charge in [-0.05, 0) is 51.7 Å². The lowest BCUT2D eigenvalue weighted by Gasteiger charge is -2.14. The van der Waals surface area contributed by atoms with Gasteiger partial charge in [-0.3, -0.25) is 4.79 Å². The Morgan fingerprint density at radius 1 is 1.32 bits per heavy atom. The highest BCUT2D eigenvalue weighted by Gasteiger charge is 2.19. The summed E-state index contributed by atoms with van der Waals surface area (Å²) in [7, 11) is 0. The Morgan fingerprint density at radius 2 is 2.09 bits per heavy atom. The summed E-state index contributed by atoms with van der Waals surface area (Å²) in [5, 5.41) is 6.68. The number of ether oxygens (including phenoxy) is 1. The summed E-state index contributed by atoms with van der Waals surface area (Å²) in [5.74, 6) is 1.10. The van der Waals surface area contributed by atoms with Crippen LogP contribution in [0.5, 0.6) is 5.75 Å². The molecule has 0 saturated heterocycles. The standard InChI is InChI=1S/C17H20N2O3/c1-11-16(12(2)22-19-11)17(20)18-13-6-5-9-15(10-13)21-14-7-3-4-8-14/h5-6,9-10,14H,3-4,7-8H2,1-2H3,(H,18,20). The van der Waals surface area contributed by atoms with Crippen LogP contribution in [0.2, 0.25) is 0 Å². The fourth-order valence-electron chi connectivity index (χ4n) is 2.85. The third kappa shape index (κ3) is 3.13. The molecule has 1 aromatic heterocycles. The normalized spacial score (nSPS) is 15.0. The molecule has 22 heavy (non-hydrogen) atoms. The molecule has 0 unspecified atom stereocenters. The van der Waals surface area contributed by atoms with Crippen LogP contribution in [-0.4, -0.2) is 17.2 Å². The van der Waals surface area contributed by atoms with Crippen molar-refractivity contribution in [2.45, 2.75) is 45.6 Å². The summed E-state index contributed by atoms with van der Waals surface area (Å²) in [6.07, 6.45) is 4.97. The molecule has 1 amide bonds. The zero-order chi connectivity index (χ0) is 15.5. The van der Waals surface area contributed by atoms with Crippen molar-refractivity contribution < 1.29 is 14.1 Å². The summed E-state index contributed by atoms with van der Waals surface area (Å²) < 4.78 is 11.0. The molecule has 1 heterocycles. The lowest BCUT2D eigenvalue weighted by molar-refractivity contribution is 0.102. The van der Waals surface area contributed by atoms with Crippen LogP contribution in [0.25, 0.3) is 0 Å². The van der Waals surface area contributed by atoms with Crippen molar-refractivity contribution >= 4 is 11.6 Å². The Balaban J connectivity index is 1.71. The third-order valence-electron chi connectivity index (χ3n) is 3.96. The third-order valence-corrected chi connectivity index (χ3v) is 3.96. The van der Waals surface area contributed by atoms with E-state index in [0.717, 1.165) is 18.6 Å². The summed E-state index contributed by atoms with van der Waals surface area (Å²) >= 11 is 0. The average molecular weight is 300 g/mol. The molecule has 1 aliphatic carbocycles. The summed E-state index contributed by atoms with van der Waals surface area (Å²) in [6.45, 7) is 3.49. The smallest absolute Gasteiger partial charge is 0.261 e. The van der Waals surface area contributed by atoms with Gasteiger partial charge in [-0.2, -0.15) is 0 Å². The van der Waals surface area contributed by atoms with Crippen LogP contribution in [0, 0.1) is 13.8 Å². The van der Waals surface area contributed by atoms with Gasteiger partial charge in [0.15, 0.2) is 0 Å². The Kier molecular flexibility index (Phi) is 4.13. The quantitative estimate of drug-likeness (QED) is 0.931. The molecular weight excluding hydrogens is 280 g/mol. The van der Waals surface area contributed by atoms with Crippen LogP contribution in [-0.2, 0) is 0 Å². The number of benzene rings is 1. The van der Waals surface area contributed by atoms with Crippen LogP contribution in [0.1, 0.15) is 47.5 Å². The minimum atomic E-state index is -0.214. The molecule has 5 nitrogen and oxygen atoms in total. The van der Waals surface area contributed by atoms with Crippen LogP contribution < -0.4 is 10.1 Å². The average Bonchev–Trinajstić information content (AvgIpc) is 3.09. The lowest BCUT2D eigenvalue weighted by atomic mass is 10.2. The van der Waals surface area contributed by atoms with E-state index in [1.54, 1.807) is 13.8 Å². The monoisotopic (exact) mass is 300 g/mol. The molecule has 1 N–H and O–H groups in total. The first-order valence-corrected chi connectivity index (χ1v) is 7.64. The number of rotatable bonds is 4. The Hall–Kier alpha value is -2.30. The molecule has 0 radical (unpaired) electrons. The minimum Gasteiger partial charge on any atom is -0.490 e. The molecule has 116 valence electrons. The number of hydrogen-bond acceptors (Lipinski definition) is 4. The van der Waals surface area contributed by atoms with Crippen LogP contribution in [0.3, 0.4) is 0 Å². The number of nitrogens with zero attached hydrogens (tertiary/aromatic N) is 1. The van der Waals surface area contributed by atoms with Gasteiger partial charge in [0, 0.05) is 11.8 Å². The van der Waals surface area contributed by atoms with Gasteiger partial charge < -0.3 is 14.6 Å². The molecule has 3 rings (SSSR count). The number of carbonyl (C=O) groups is 1. The molecule has 1 fully saturated rings. The molecule has 0 aliphatic heterocycles. The fraction of sp³-hybridized carbons (Fsp3) is 0.412. The highest BCUT2D eigenvalue weighted by molar-refractivity contribution is 6.05. The second kappa shape index (κ2) is 6.22. The maximum Gasteiger partial charge on any atom is 0.261 e. The van der Waals surface area contributed by atoms with E-state index in [0.29, 0.717) is 28.8 Å². The van der Waals surface area contributed by atoms with Gasteiger partial charge >= 0.3 is 0 Å². The Morgan fingerprint density at radius 3 is 2.77 bits per heavy atom. The zero-order valence-corrected chi connectivity index (χ0v) is 12.9. The first-order chi connectivity index (χ1) is 10.6. The molecular formula is C17H20N2O3. The predicted molar refractivity (Wildman–Crippen MR) is 83.3 cm³/mol. The molecule has 0 spiro atoms. The number of carbonyl (C=O) groups excluding carboxylic acids is 1. The van der Waals surface area contributed by atoms with Crippen LogP contribution in [0.15, 0.2) is 28.8 Å². The van der Waals surface area contributed by atoms with Gasteiger partial charge in [-0.1, -0.05) is 11.2 Å². The van der Waals surface area contributed by atoms with Crippen molar-refractivity contribution in [3.05, 3.63) is 41.3 Å². The second-order valence-electron chi connectivity index (χ2n) is 5.71. The highest BCUT2D eigenvalue weighted by Crippen LogP contribution is 2.26. The Bertz CT molecular complexity index is 653. The van der Waals surface area contributed by atoms with Gasteiger partial charge in [-0.25, -0.2) is 0 Å². The van der Waals surface area contributed by atoms with Crippen molar-refractivity contribution in [2.75, 3.05) is 5.32 Å². The van der Waals surface area contributed by atoms with Crippen molar-refractivity contribution in [3.63, 3.8) is 0 Å². The first kappa shape index (κ1) is 14.6. The van der Waals surface area contributed by atoms with E-state index < -0.39 is 0 Å². The van der Waals surface area contributed by atoms with Gasteiger partial charge in [0.05, 0.1) is 11.8 Å². The van der Waals surface area contributed by atoms with Crippen molar-refractivity contribution in [1.29, 1.82) is 0 Å². The molecule has 2 aromatic rings. The van der Waals surface area contributed by atoms with Crippen molar-refractivity contribution in [2.24, 2.45) is 0 Å². The number of amides is 1. The van der Waals surface area contributed by atoms with Crippen LogP contribution >= 0.6 is 0 Å². The van der Waals surface area contributed by atoms with E-state index in [9.17, 15) is 4.79 Å². The van der Waals surface area contributed by atoms with Crippen molar-refractivity contribution in [3.8, 4) is 5.75 Å². The highest BCUT2D eigenvalue weighted by atomic mass is 16.5. The topological polar surface area (TPSA) is 64.4 Å². The lowest BCUT2D eigenvalue weighted by Crippen LogP contribution is -2.14. The van der Waals surface area contributed by atoms with E-state index in [1.807, 2.05) is 24.3 Å². The second-order valence-corrected chi connectivity index (χ2v) is 5.71. The maximum atomic E-state index is 12.3. The largest absolute Gasteiger partial charge is 0.490 e. The zero-order valence-electron chi connectivity index (χ0n) is 12.9. The van der Waals surface area contributed by atoms with Gasteiger partial charge in [0.2, 0.25) is 0 Å². The first-order valence-electron chi connectivity index (χ1n) is 7.64.